The molecule has 0 radical (unpaired) electrons. The molecule has 0 saturated heterocycles. The van der Waals surface area contributed by atoms with E-state index in [2.05, 4.69) is 20.7 Å². The molecule has 0 fully saturated rings. The van der Waals surface area contributed by atoms with E-state index >= 15 is 0 Å². The highest BCUT2D eigenvalue weighted by atomic mass is 35.5. The van der Waals surface area contributed by atoms with Crippen LogP contribution in [0.15, 0.2) is 59.2 Å². The highest BCUT2D eigenvalue weighted by Crippen LogP contribution is 2.36. The van der Waals surface area contributed by atoms with Gasteiger partial charge in [0.1, 0.15) is 23.3 Å². The van der Waals surface area contributed by atoms with Gasteiger partial charge in [0.15, 0.2) is 0 Å². The van der Waals surface area contributed by atoms with Crippen LogP contribution in [0.3, 0.4) is 0 Å². The summed E-state index contributed by atoms with van der Waals surface area (Å²) in [5, 5.41) is 12.2. The summed E-state index contributed by atoms with van der Waals surface area (Å²) in [6.07, 6.45) is -3.26. The Balaban J connectivity index is 1.55. The number of nitrogens with one attached hydrogen (secondary N) is 2. The predicted octanol–water partition coefficient (Wildman–Crippen LogP) is 4.50. The van der Waals surface area contributed by atoms with Crippen molar-refractivity contribution in [3.05, 3.63) is 76.7 Å². The third-order valence-electron chi connectivity index (χ3n) is 4.67. The number of H-pyrrole nitrogens is 1. The number of aromatic nitrogens is 3. The second-order valence-corrected chi connectivity index (χ2v) is 7.42. The van der Waals surface area contributed by atoms with Crippen LogP contribution in [0.2, 0.25) is 5.02 Å². The Labute approximate surface area is 189 Å². The zero-order valence-electron chi connectivity index (χ0n) is 16.7. The summed E-state index contributed by atoms with van der Waals surface area (Å²) >= 11 is 5.62. The highest BCUT2D eigenvalue weighted by molar-refractivity contribution is 6.31. The van der Waals surface area contributed by atoms with Crippen molar-refractivity contribution < 1.29 is 27.2 Å². The van der Waals surface area contributed by atoms with E-state index in [0.717, 1.165) is 12.1 Å². The average Bonchev–Trinajstić information content (AvgIpc) is 3.44. The quantitative estimate of drug-likeness (QED) is 0.425. The number of carbonyl (C=O) groups excluding carboxylic acids is 2. The molecule has 2 heterocycles. The fraction of sp³-hybridized carbons (Fsp3) is 0.143. The zero-order valence-corrected chi connectivity index (χ0v) is 17.4. The Kier molecular flexibility index (Phi) is 6.05. The van der Waals surface area contributed by atoms with Gasteiger partial charge < -0.3 is 14.6 Å². The van der Waals surface area contributed by atoms with E-state index in [1.807, 2.05) is 0 Å². The Morgan fingerprint density at radius 3 is 2.61 bits per heavy atom. The van der Waals surface area contributed by atoms with Crippen LogP contribution in [0, 0.1) is 0 Å². The lowest BCUT2D eigenvalue weighted by Crippen LogP contribution is -2.37. The van der Waals surface area contributed by atoms with Crippen molar-refractivity contribution in [3.63, 3.8) is 0 Å². The van der Waals surface area contributed by atoms with Gasteiger partial charge in [-0.2, -0.15) is 28.6 Å². The Bertz CT molecular complexity index is 1300. The summed E-state index contributed by atoms with van der Waals surface area (Å²) in [6.45, 7) is -0.481. The monoisotopic (exact) mass is 477 g/mol. The molecule has 0 bridgehead atoms. The molecule has 4 rings (SSSR count). The van der Waals surface area contributed by atoms with E-state index in [0.29, 0.717) is 16.8 Å². The summed E-state index contributed by atoms with van der Waals surface area (Å²) in [5.74, 6) is -0.782. The smallest absolute Gasteiger partial charge is 0.417 e. The van der Waals surface area contributed by atoms with Gasteiger partial charge in [0, 0.05) is 11.3 Å². The van der Waals surface area contributed by atoms with E-state index < -0.39 is 35.1 Å². The number of nitrogens with zero attached hydrogens (tertiary/aromatic N) is 3. The number of rotatable bonds is 6. The Morgan fingerprint density at radius 1 is 1.09 bits per heavy atom. The van der Waals surface area contributed by atoms with Gasteiger partial charge in [-0.25, -0.2) is 0 Å². The molecule has 0 atom stereocenters. The molecule has 2 amide bonds. The number of fused-ring (bicyclic) bond motifs is 1. The number of anilines is 1. The van der Waals surface area contributed by atoms with Crippen molar-refractivity contribution >= 4 is 40.1 Å². The molecule has 12 heteroatoms. The molecule has 0 saturated carbocycles. The first-order valence-electron chi connectivity index (χ1n) is 9.49. The molecule has 2 N–H and O–H groups in total. The summed E-state index contributed by atoms with van der Waals surface area (Å²) in [6, 6.07) is 10.9. The minimum Gasteiger partial charge on any atom is -0.467 e. The summed E-state index contributed by atoms with van der Waals surface area (Å²) in [7, 11) is 0. The fourth-order valence-corrected chi connectivity index (χ4v) is 3.36. The van der Waals surface area contributed by atoms with Gasteiger partial charge in [-0.05, 0) is 48.5 Å². The van der Waals surface area contributed by atoms with Gasteiger partial charge in [0.2, 0.25) is 5.91 Å². The van der Waals surface area contributed by atoms with Crippen molar-refractivity contribution in [2.75, 3.05) is 11.9 Å². The van der Waals surface area contributed by atoms with Crippen LogP contribution in [0.4, 0.5) is 18.9 Å². The second-order valence-electron chi connectivity index (χ2n) is 7.01. The van der Waals surface area contributed by atoms with Crippen molar-refractivity contribution in [1.29, 1.82) is 0 Å². The molecule has 33 heavy (non-hydrogen) atoms. The third kappa shape index (κ3) is 5.14. The van der Waals surface area contributed by atoms with Crippen molar-refractivity contribution in [2.45, 2.75) is 12.7 Å². The van der Waals surface area contributed by atoms with E-state index in [1.54, 1.807) is 18.2 Å². The van der Waals surface area contributed by atoms with E-state index in [9.17, 15) is 22.8 Å². The molecule has 0 aliphatic carbocycles. The number of amides is 2. The van der Waals surface area contributed by atoms with Crippen LogP contribution in [0.25, 0.3) is 11.0 Å². The molecule has 0 spiro atoms. The van der Waals surface area contributed by atoms with Crippen molar-refractivity contribution in [1.82, 2.24) is 20.3 Å². The number of aromatic amines is 1. The first-order valence-corrected chi connectivity index (χ1v) is 9.87. The average molecular weight is 478 g/mol. The van der Waals surface area contributed by atoms with Gasteiger partial charge in [-0.1, -0.05) is 11.6 Å². The van der Waals surface area contributed by atoms with Crippen LogP contribution in [-0.2, 0) is 17.5 Å². The lowest BCUT2D eigenvalue weighted by Gasteiger charge is -2.21. The van der Waals surface area contributed by atoms with Gasteiger partial charge in [0.25, 0.3) is 5.91 Å². The molecule has 4 aromatic rings. The highest BCUT2D eigenvalue weighted by Gasteiger charge is 2.33. The second kappa shape index (κ2) is 8.94. The number of hydrogen-bond acceptors (Lipinski definition) is 5. The number of benzene rings is 2. The summed E-state index contributed by atoms with van der Waals surface area (Å²) in [5.41, 5.74) is 0.0910. The fourth-order valence-electron chi connectivity index (χ4n) is 3.14. The third-order valence-corrected chi connectivity index (χ3v) is 5.00. The van der Waals surface area contributed by atoms with Gasteiger partial charge >= 0.3 is 6.18 Å². The first kappa shape index (κ1) is 22.3. The standard InChI is InChI=1S/C21H15ClF3N5O3/c22-16-5-4-13(9-15(16)21(23,24)25)26-19(31)11-30(10-14-2-1-7-33-14)20(32)12-3-6-17-18(8-12)28-29-27-17/h1-9H,10-11H2,(H,26,31)(H,27,28,29). The molecular weight excluding hydrogens is 463 g/mol. The molecule has 0 aliphatic rings. The van der Waals surface area contributed by atoms with Gasteiger partial charge in [0.05, 0.1) is 23.4 Å². The molecule has 8 nitrogen and oxygen atoms in total. The lowest BCUT2D eigenvalue weighted by molar-refractivity contribution is -0.137. The Hall–Kier alpha value is -3.86. The molecule has 0 aliphatic heterocycles. The predicted molar refractivity (Wildman–Crippen MR) is 112 cm³/mol. The van der Waals surface area contributed by atoms with Gasteiger partial charge in [-0.15, -0.1) is 0 Å². The minimum atomic E-state index is -4.68. The normalized spacial score (nSPS) is 11.5. The number of halogens is 4. The topological polar surface area (TPSA) is 104 Å². The van der Waals surface area contributed by atoms with Gasteiger partial charge in [-0.3, -0.25) is 9.59 Å². The molecule has 170 valence electrons. The maximum atomic E-state index is 13.1. The summed E-state index contributed by atoms with van der Waals surface area (Å²) in [4.78, 5) is 27.0. The van der Waals surface area contributed by atoms with Crippen LogP contribution >= 0.6 is 11.6 Å². The van der Waals surface area contributed by atoms with Crippen LogP contribution in [0.5, 0.6) is 0 Å². The maximum Gasteiger partial charge on any atom is 0.417 e. The zero-order chi connectivity index (χ0) is 23.6. The molecule has 2 aromatic heterocycles. The number of alkyl halides is 3. The van der Waals surface area contributed by atoms with Crippen LogP contribution < -0.4 is 5.32 Å². The van der Waals surface area contributed by atoms with E-state index in [-0.39, 0.29) is 17.8 Å². The largest absolute Gasteiger partial charge is 0.467 e. The minimum absolute atomic E-state index is 0.0372. The number of furan rings is 1. The molecule has 2 aromatic carbocycles. The maximum absolute atomic E-state index is 13.1. The summed E-state index contributed by atoms with van der Waals surface area (Å²) < 4.78 is 44.6. The van der Waals surface area contributed by atoms with Crippen LogP contribution in [-0.4, -0.2) is 38.7 Å². The van der Waals surface area contributed by atoms with Crippen LogP contribution in [0.1, 0.15) is 21.7 Å². The van der Waals surface area contributed by atoms with Crippen molar-refractivity contribution in [2.24, 2.45) is 0 Å². The SMILES string of the molecule is O=C(CN(Cc1ccco1)C(=O)c1ccc2n[nH]nc2c1)Nc1ccc(Cl)c(C(F)(F)F)c1. The van der Waals surface area contributed by atoms with E-state index in [1.165, 1.54) is 29.4 Å². The first-order chi connectivity index (χ1) is 15.7. The van der Waals surface area contributed by atoms with Crippen molar-refractivity contribution in [3.8, 4) is 0 Å². The van der Waals surface area contributed by atoms with E-state index in [4.69, 9.17) is 16.0 Å². The lowest BCUT2D eigenvalue weighted by atomic mass is 10.1. The molecular formula is C21H15ClF3N5O3. The molecule has 0 unspecified atom stereocenters. The Morgan fingerprint density at radius 2 is 1.88 bits per heavy atom. The number of hydrogen-bond donors (Lipinski definition) is 2. The number of carbonyl (C=O) groups is 2.